The first-order chi connectivity index (χ1) is 9.13. The summed E-state index contributed by atoms with van der Waals surface area (Å²) in [6.45, 7) is 2.73. The standard InChI is InChI=1S/C13H16N6/c1-9-12-4-11(7-15-13(12)19(3)17-9)14-5-10-6-16-18(2)8-10/h4,6-8,14H,5H2,1-3H3. The molecule has 0 unspecified atom stereocenters. The molecule has 3 aromatic heterocycles. The fourth-order valence-corrected chi connectivity index (χ4v) is 2.17. The summed E-state index contributed by atoms with van der Waals surface area (Å²) >= 11 is 0. The molecule has 0 aromatic carbocycles. The third kappa shape index (κ3) is 2.16. The second-order valence-corrected chi connectivity index (χ2v) is 4.68. The van der Waals surface area contributed by atoms with E-state index in [0.717, 1.165) is 34.5 Å². The Bertz CT molecular complexity index is 724. The Hall–Kier alpha value is -2.37. The summed E-state index contributed by atoms with van der Waals surface area (Å²) in [5.41, 5.74) is 4.04. The van der Waals surface area contributed by atoms with Crippen molar-refractivity contribution >= 4 is 16.7 Å². The summed E-state index contributed by atoms with van der Waals surface area (Å²) in [6, 6.07) is 2.08. The summed E-state index contributed by atoms with van der Waals surface area (Å²) < 4.78 is 3.60. The molecule has 3 aromatic rings. The van der Waals surface area contributed by atoms with Gasteiger partial charge in [-0.15, -0.1) is 0 Å². The number of anilines is 1. The van der Waals surface area contributed by atoms with Crippen LogP contribution in [0.5, 0.6) is 0 Å². The van der Waals surface area contributed by atoms with Gasteiger partial charge in [-0.25, -0.2) is 4.98 Å². The second-order valence-electron chi connectivity index (χ2n) is 4.68. The van der Waals surface area contributed by atoms with Crippen LogP contribution in [0, 0.1) is 6.92 Å². The number of nitrogens with zero attached hydrogens (tertiary/aromatic N) is 5. The number of rotatable bonds is 3. The van der Waals surface area contributed by atoms with Gasteiger partial charge in [0.1, 0.15) is 0 Å². The maximum absolute atomic E-state index is 4.44. The van der Waals surface area contributed by atoms with E-state index in [4.69, 9.17) is 0 Å². The molecule has 0 radical (unpaired) electrons. The molecule has 19 heavy (non-hydrogen) atoms. The second kappa shape index (κ2) is 4.38. The van der Waals surface area contributed by atoms with Gasteiger partial charge in [0.05, 0.1) is 23.8 Å². The minimum atomic E-state index is 0.736. The average Bonchev–Trinajstić information content (AvgIpc) is 2.92. The third-order valence-electron chi connectivity index (χ3n) is 3.12. The smallest absolute Gasteiger partial charge is 0.157 e. The van der Waals surface area contributed by atoms with E-state index >= 15 is 0 Å². The zero-order chi connectivity index (χ0) is 13.4. The number of nitrogens with one attached hydrogen (secondary N) is 1. The van der Waals surface area contributed by atoms with Crippen LogP contribution in [0.2, 0.25) is 0 Å². The van der Waals surface area contributed by atoms with Crippen LogP contribution in [0.1, 0.15) is 11.3 Å². The molecule has 6 heteroatoms. The van der Waals surface area contributed by atoms with Gasteiger partial charge in [-0.2, -0.15) is 10.2 Å². The molecule has 3 heterocycles. The highest BCUT2D eigenvalue weighted by molar-refractivity contribution is 5.81. The Kier molecular flexibility index (Phi) is 2.70. The van der Waals surface area contributed by atoms with Crippen molar-refractivity contribution in [1.82, 2.24) is 24.5 Å². The maximum Gasteiger partial charge on any atom is 0.157 e. The van der Waals surface area contributed by atoms with Gasteiger partial charge in [0.15, 0.2) is 5.65 Å². The minimum Gasteiger partial charge on any atom is -0.380 e. The first kappa shape index (κ1) is 11.7. The Balaban J connectivity index is 1.83. The lowest BCUT2D eigenvalue weighted by molar-refractivity contribution is 0.767. The molecule has 0 aliphatic rings. The van der Waals surface area contributed by atoms with Gasteiger partial charge in [0.2, 0.25) is 0 Å². The Morgan fingerprint density at radius 2 is 2.11 bits per heavy atom. The van der Waals surface area contributed by atoms with E-state index in [1.54, 1.807) is 9.36 Å². The number of aromatic nitrogens is 5. The molecule has 0 spiro atoms. The molecular formula is C13H16N6. The summed E-state index contributed by atoms with van der Waals surface area (Å²) in [5.74, 6) is 0. The molecule has 0 saturated carbocycles. The molecule has 0 fully saturated rings. The predicted octanol–water partition coefficient (Wildman–Crippen LogP) is 1.62. The molecule has 3 rings (SSSR count). The largest absolute Gasteiger partial charge is 0.380 e. The van der Waals surface area contributed by atoms with Crippen LogP contribution in [0.4, 0.5) is 5.69 Å². The zero-order valence-electron chi connectivity index (χ0n) is 11.3. The Morgan fingerprint density at radius 3 is 2.84 bits per heavy atom. The van der Waals surface area contributed by atoms with Gasteiger partial charge >= 0.3 is 0 Å². The number of hydrogen-bond donors (Lipinski definition) is 1. The third-order valence-corrected chi connectivity index (χ3v) is 3.12. The molecular weight excluding hydrogens is 240 g/mol. The predicted molar refractivity (Wildman–Crippen MR) is 73.8 cm³/mol. The monoisotopic (exact) mass is 256 g/mol. The van der Waals surface area contributed by atoms with Gasteiger partial charge in [0, 0.05) is 37.8 Å². The summed E-state index contributed by atoms with van der Waals surface area (Å²) in [5, 5.41) is 12.9. The zero-order valence-corrected chi connectivity index (χ0v) is 11.3. The van der Waals surface area contributed by atoms with Crippen LogP contribution >= 0.6 is 0 Å². The molecule has 0 bridgehead atoms. The minimum absolute atomic E-state index is 0.736. The van der Waals surface area contributed by atoms with E-state index in [2.05, 4.69) is 26.6 Å². The van der Waals surface area contributed by atoms with Crippen LogP contribution < -0.4 is 5.32 Å². The average molecular weight is 256 g/mol. The first-order valence-corrected chi connectivity index (χ1v) is 6.14. The number of pyridine rings is 1. The number of fused-ring (bicyclic) bond motifs is 1. The molecule has 0 amide bonds. The maximum atomic E-state index is 4.44. The molecule has 6 nitrogen and oxygen atoms in total. The van der Waals surface area contributed by atoms with Crippen LogP contribution in [-0.2, 0) is 20.6 Å². The molecule has 0 aliphatic carbocycles. The summed E-state index contributed by atoms with van der Waals surface area (Å²) in [7, 11) is 3.82. The van der Waals surface area contributed by atoms with E-state index in [1.807, 2.05) is 39.6 Å². The number of hydrogen-bond acceptors (Lipinski definition) is 4. The van der Waals surface area contributed by atoms with E-state index in [1.165, 1.54) is 0 Å². The lowest BCUT2D eigenvalue weighted by Crippen LogP contribution is -1.99. The van der Waals surface area contributed by atoms with Crippen molar-refractivity contribution in [2.75, 3.05) is 5.32 Å². The highest BCUT2D eigenvalue weighted by atomic mass is 15.3. The Labute approximate surface area is 111 Å². The fourth-order valence-electron chi connectivity index (χ4n) is 2.17. The van der Waals surface area contributed by atoms with Crippen molar-refractivity contribution in [1.29, 1.82) is 0 Å². The highest BCUT2D eigenvalue weighted by Gasteiger charge is 2.06. The van der Waals surface area contributed by atoms with E-state index in [-0.39, 0.29) is 0 Å². The molecule has 0 saturated heterocycles. The number of aryl methyl sites for hydroxylation is 3. The van der Waals surface area contributed by atoms with Gasteiger partial charge in [-0.1, -0.05) is 0 Å². The van der Waals surface area contributed by atoms with Crippen molar-refractivity contribution in [2.24, 2.45) is 14.1 Å². The SMILES string of the molecule is Cc1nn(C)c2ncc(NCc3cnn(C)c3)cc12. The van der Waals surface area contributed by atoms with E-state index in [9.17, 15) is 0 Å². The van der Waals surface area contributed by atoms with Crippen LogP contribution in [0.15, 0.2) is 24.7 Å². The quantitative estimate of drug-likeness (QED) is 0.773. The lowest BCUT2D eigenvalue weighted by atomic mass is 10.2. The molecule has 0 aliphatic heterocycles. The van der Waals surface area contributed by atoms with E-state index < -0.39 is 0 Å². The molecule has 1 N–H and O–H groups in total. The fraction of sp³-hybridized carbons (Fsp3) is 0.308. The van der Waals surface area contributed by atoms with E-state index in [0.29, 0.717) is 0 Å². The van der Waals surface area contributed by atoms with Crippen molar-refractivity contribution in [3.8, 4) is 0 Å². The van der Waals surface area contributed by atoms with Gasteiger partial charge in [-0.05, 0) is 13.0 Å². The van der Waals surface area contributed by atoms with Gasteiger partial charge in [-0.3, -0.25) is 9.36 Å². The van der Waals surface area contributed by atoms with Gasteiger partial charge in [0.25, 0.3) is 0 Å². The van der Waals surface area contributed by atoms with Crippen molar-refractivity contribution in [3.05, 3.63) is 35.9 Å². The van der Waals surface area contributed by atoms with Gasteiger partial charge < -0.3 is 5.32 Å². The van der Waals surface area contributed by atoms with Crippen molar-refractivity contribution < 1.29 is 0 Å². The van der Waals surface area contributed by atoms with Crippen LogP contribution in [-0.4, -0.2) is 24.5 Å². The van der Waals surface area contributed by atoms with Crippen molar-refractivity contribution in [2.45, 2.75) is 13.5 Å². The molecule has 98 valence electrons. The highest BCUT2D eigenvalue weighted by Crippen LogP contribution is 2.19. The topological polar surface area (TPSA) is 60.6 Å². The van der Waals surface area contributed by atoms with Crippen molar-refractivity contribution in [3.63, 3.8) is 0 Å². The summed E-state index contributed by atoms with van der Waals surface area (Å²) in [6.07, 6.45) is 5.68. The molecule has 0 atom stereocenters. The Morgan fingerprint density at radius 1 is 1.26 bits per heavy atom. The van der Waals surface area contributed by atoms with Crippen LogP contribution in [0.25, 0.3) is 11.0 Å². The van der Waals surface area contributed by atoms with Crippen LogP contribution in [0.3, 0.4) is 0 Å². The lowest BCUT2D eigenvalue weighted by Gasteiger charge is -2.04. The summed E-state index contributed by atoms with van der Waals surface area (Å²) in [4.78, 5) is 4.44. The normalized spacial score (nSPS) is 11.1. The first-order valence-electron chi connectivity index (χ1n) is 6.14.